The molecule has 0 atom stereocenters. The fraction of sp³-hybridized carbons (Fsp3) is 0.333. The van der Waals surface area contributed by atoms with Crippen molar-refractivity contribution in [1.29, 1.82) is 0 Å². The Morgan fingerprint density at radius 2 is 1.88 bits per heavy atom. The molecule has 128 valence electrons. The van der Waals surface area contributed by atoms with Crippen molar-refractivity contribution in [3.8, 4) is 0 Å². The van der Waals surface area contributed by atoms with Crippen LogP contribution in [0.25, 0.3) is 0 Å². The molecule has 1 heterocycles. The highest BCUT2D eigenvalue weighted by atomic mass is 16.2. The quantitative estimate of drug-likeness (QED) is 0.930. The summed E-state index contributed by atoms with van der Waals surface area (Å²) in [6.45, 7) is 0.755. The van der Waals surface area contributed by atoms with Crippen LogP contribution in [-0.4, -0.2) is 18.4 Å². The third-order valence-corrected chi connectivity index (χ3v) is 5.04. The Labute approximate surface area is 147 Å². The molecule has 1 fully saturated rings. The van der Waals surface area contributed by atoms with Gasteiger partial charge in [-0.1, -0.05) is 24.3 Å². The fourth-order valence-corrected chi connectivity index (χ4v) is 3.80. The lowest BCUT2D eigenvalue weighted by Crippen LogP contribution is -2.23. The standard InChI is InChI=1S/C21H22N2O2/c24-20(13-15-9-10-16-4-1-5-17(16)12-15)22-18-6-2-7-19(14-18)23-11-3-8-21(23)25/h2,6-7,9-10,12,14H,1,3-5,8,11,13H2,(H,22,24). The molecule has 0 aromatic heterocycles. The van der Waals surface area contributed by atoms with Crippen molar-refractivity contribution < 1.29 is 9.59 Å². The third kappa shape index (κ3) is 3.43. The van der Waals surface area contributed by atoms with E-state index in [-0.39, 0.29) is 11.8 Å². The molecule has 0 radical (unpaired) electrons. The number of nitrogens with zero attached hydrogens (tertiary/aromatic N) is 1. The number of amides is 2. The highest BCUT2D eigenvalue weighted by Gasteiger charge is 2.21. The first-order valence-electron chi connectivity index (χ1n) is 9.00. The van der Waals surface area contributed by atoms with Gasteiger partial charge in [-0.2, -0.15) is 0 Å². The van der Waals surface area contributed by atoms with Crippen molar-refractivity contribution in [2.75, 3.05) is 16.8 Å². The van der Waals surface area contributed by atoms with Gasteiger partial charge in [-0.25, -0.2) is 0 Å². The molecule has 1 aliphatic heterocycles. The Bertz CT molecular complexity index is 828. The monoisotopic (exact) mass is 334 g/mol. The Morgan fingerprint density at radius 3 is 2.72 bits per heavy atom. The number of aryl methyl sites for hydroxylation is 2. The number of carbonyl (C=O) groups is 2. The molecular weight excluding hydrogens is 312 g/mol. The Morgan fingerprint density at radius 1 is 1.00 bits per heavy atom. The maximum Gasteiger partial charge on any atom is 0.228 e. The number of rotatable bonds is 4. The average molecular weight is 334 g/mol. The Kier molecular flexibility index (Phi) is 4.26. The average Bonchev–Trinajstić information content (AvgIpc) is 3.23. The van der Waals surface area contributed by atoms with Gasteiger partial charge >= 0.3 is 0 Å². The van der Waals surface area contributed by atoms with Gasteiger partial charge in [0.2, 0.25) is 11.8 Å². The maximum atomic E-state index is 12.4. The van der Waals surface area contributed by atoms with Crippen molar-refractivity contribution >= 4 is 23.2 Å². The van der Waals surface area contributed by atoms with Crippen molar-refractivity contribution in [3.05, 3.63) is 59.2 Å². The van der Waals surface area contributed by atoms with Gasteiger partial charge in [0.15, 0.2) is 0 Å². The molecule has 0 spiro atoms. The van der Waals surface area contributed by atoms with E-state index in [1.807, 2.05) is 24.3 Å². The van der Waals surface area contributed by atoms with Crippen LogP contribution in [0.2, 0.25) is 0 Å². The van der Waals surface area contributed by atoms with Crippen molar-refractivity contribution in [3.63, 3.8) is 0 Å². The first kappa shape index (κ1) is 15.9. The molecule has 0 saturated carbocycles. The molecule has 4 heteroatoms. The van der Waals surface area contributed by atoms with E-state index in [2.05, 4.69) is 23.5 Å². The number of benzene rings is 2. The molecule has 2 amide bonds. The van der Waals surface area contributed by atoms with E-state index in [4.69, 9.17) is 0 Å². The van der Waals surface area contributed by atoms with E-state index in [1.54, 1.807) is 4.90 Å². The molecule has 0 unspecified atom stereocenters. The third-order valence-electron chi connectivity index (χ3n) is 5.04. The number of anilines is 2. The normalized spacial score (nSPS) is 16.2. The summed E-state index contributed by atoms with van der Waals surface area (Å²) in [6, 6.07) is 13.9. The fourth-order valence-electron chi connectivity index (χ4n) is 3.80. The van der Waals surface area contributed by atoms with E-state index >= 15 is 0 Å². The van der Waals surface area contributed by atoms with E-state index in [0.29, 0.717) is 12.8 Å². The van der Waals surface area contributed by atoms with E-state index < -0.39 is 0 Å². The van der Waals surface area contributed by atoms with Crippen LogP contribution in [0.5, 0.6) is 0 Å². The summed E-state index contributed by atoms with van der Waals surface area (Å²) in [5.74, 6) is 0.129. The molecule has 0 bridgehead atoms. The summed E-state index contributed by atoms with van der Waals surface area (Å²) < 4.78 is 0. The molecule has 25 heavy (non-hydrogen) atoms. The first-order chi connectivity index (χ1) is 12.2. The highest BCUT2D eigenvalue weighted by Crippen LogP contribution is 2.25. The second-order valence-electron chi connectivity index (χ2n) is 6.88. The van der Waals surface area contributed by atoms with Gasteiger partial charge in [-0.3, -0.25) is 9.59 Å². The van der Waals surface area contributed by atoms with E-state index in [1.165, 1.54) is 17.5 Å². The van der Waals surface area contributed by atoms with Gasteiger partial charge in [-0.15, -0.1) is 0 Å². The lowest BCUT2D eigenvalue weighted by atomic mass is 10.0. The SMILES string of the molecule is O=C(Cc1ccc2c(c1)CCC2)Nc1cccc(N2CCCC2=O)c1. The molecule has 2 aliphatic rings. The summed E-state index contributed by atoms with van der Waals surface area (Å²) in [5, 5.41) is 2.96. The minimum atomic E-state index is -0.0251. The lowest BCUT2D eigenvalue weighted by molar-refractivity contribution is -0.117. The van der Waals surface area contributed by atoms with E-state index in [9.17, 15) is 9.59 Å². The molecule has 4 nitrogen and oxygen atoms in total. The summed E-state index contributed by atoms with van der Waals surface area (Å²) >= 11 is 0. The number of carbonyl (C=O) groups excluding carboxylic acids is 2. The highest BCUT2D eigenvalue weighted by molar-refractivity contribution is 5.97. The minimum Gasteiger partial charge on any atom is -0.326 e. The zero-order valence-corrected chi connectivity index (χ0v) is 14.3. The van der Waals surface area contributed by atoms with Gasteiger partial charge in [-0.05, 0) is 60.6 Å². The second-order valence-corrected chi connectivity index (χ2v) is 6.88. The van der Waals surface area contributed by atoms with Crippen LogP contribution in [0, 0.1) is 0 Å². The molecule has 1 aliphatic carbocycles. The molecule has 1 N–H and O–H groups in total. The lowest BCUT2D eigenvalue weighted by Gasteiger charge is -2.16. The van der Waals surface area contributed by atoms with Crippen LogP contribution in [0.1, 0.15) is 36.0 Å². The van der Waals surface area contributed by atoms with Gasteiger partial charge < -0.3 is 10.2 Å². The maximum absolute atomic E-state index is 12.4. The molecule has 2 aromatic carbocycles. The molecule has 2 aromatic rings. The van der Waals surface area contributed by atoms with E-state index in [0.717, 1.165) is 42.7 Å². The Hall–Kier alpha value is -2.62. The van der Waals surface area contributed by atoms with Crippen LogP contribution >= 0.6 is 0 Å². The van der Waals surface area contributed by atoms with Gasteiger partial charge in [0.1, 0.15) is 0 Å². The minimum absolute atomic E-state index is 0.0251. The number of nitrogens with one attached hydrogen (secondary N) is 1. The van der Waals surface area contributed by atoms with Gasteiger partial charge in [0, 0.05) is 24.3 Å². The van der Waals surface area contributed by atoms with Crippen molar-refractivity contribution in [2.24, 2.45) is 0 Å². The second kappa shape index (κ2) is 6.71. The van der Waals surface area contributed by atoms with Gasteiger partial charge in [0.25, 0.3) is 0 Å². The van der Waals surface area contributed by atoms with Gasteiger partial charge in [0.05, 0.1) is 6.42 Å². The summed E-state index contributed by atoms with van der Waals surface area (Å²) in [7, 11) is 0. The molecule has 4 rings (SSSR count). The summed E-state index contributed by atoms with van der Waals surface area (Å²) in [5.41, 5.74) is 5.47. The smallest absolute Gasteiger partial charge is 0.228 e. The van der Waals surface area contributed by atoms with Crippen LogP contribution < -0.4 is 10.2 Å². The van der Waals surface area contributed by atoms with Crippen LogP contribution in [0.4, 0.5) is 11.4 Å². The predicted molar refractivity (Wildman–Crippen MR) is 98.8 cm³/mol. The number of fused-ring (bicyclic) bond motifs is 1. The van der Waals surface area contributed by atoms with Crippen LogP contribution in [0.15, 0.2) is 42.5 Å². The summed E-state index contributed by atoms with van der Waals surface area (Å²) in [6.07, 6.45) is 5.37. The number of hydrogen-bond donors (Lipinski definition) is 1. The molecular formula is C21H22N2O2. The zero-order chi connectivity index (χ0) is 17.2. The number of hydrogen-bond acceptors (Lipinski definition) is 2. The van der Waals surface area contributed by atoms with Crippen molar-refractivity contribution in [2.45, 2.75) is 38.5 Å². The van der Waals surface area contributed by atoms with Crippen molar-refractivity contribution in [1.82, 2.24) is 0 Å². The predicted octanol–water partition coefficient (Wildman–Crippen LogP) is 3.48. The van der Waals surface area contributed by atoms with Crippen LogP contribution in [0.3, 0.4) is 0 Å². The van der Waals surface area contributed by atoms with Crippen LogP contribution in [-0.2, 0) is 28.9 Å². The summed E-state index contributed by atoms with van der Waals surface area (Å²) in [4.78, 5) is 26.1. The Balaban J connectivity index is 1.43. The largest absolute Gasteiger partial charge is 0.326 e. The first-order valence-corrected chi connectivity index (χ1v) is 9.00. The topological polar surface area (TPSA) is 49.4 Å². The zero-order valence-electron chi connectivity index (χ0n) is 14.3. The molecule has 1 saturated heterocycles.